The highest BCUT2D eigenvalue weighted by Gasteiger charge is 2.30. The van der Waals surface area contributed by atoms with E-state index in [0.717, 1.165) is 29.8 Å². The predicted octanol–water partition coefficient (Wildman–Crippen LogP) is 4.82. The van der Waals surface area contributed by atoms with E-state index >= 15 is 0 Å². The van der Waals surface area contributed by atoms with Crippen molar-refractivity contribution in [2.75, 3.05) is 0 Å². The van der Waals surface area contributed by atoms with Crippen molar-refractivity contribution in [1.29, 1.82) is 0 Å². The molecule has 0 aliphatic carbocycles. The maximum Gasteiger partial charge on any atom is 0.416 e. The molecule has 4 nitrogen and oxygen atoms in total. The van der Waals surface area contributed by atoms with Crippen LogP contribution < -0.4 is 10.1 Å². The fourth-order valence-corrected chi connectivity index (χ4v) is 2.34. The zero-order valence-electron chi connectivity index (χ0n) is 14.0. The molecule has 1 aromatic heterocycles. The van der Waals surface area contributed by atoms with Gasteiger partial charge in [-0.1, -0.05) is 18.2 Å². The summed E-state index contributed by atoms with van der Waals surface area (Å²) in [4.78, 5) is 16.2. The number of carbonyl (C=O) groups is 1. The largest absolute Gasteiger partial charge is 0.439 e. The monoisotopic (exact) mass is 372 g/mol. The molecule has 0 radical (unpaired) electrons. The predicted molar refractivity (Wildman–Crippen MR) is 93.4 cm³/mol. The van der Waals surface area contributed by atoms with Gasteiger partial charge in [-0.05, 0) is 48.0 Å². The highest BCUT2D eigenvalue weighted by atomic mass is 19.4. The van der Waals surface area contributed by atoms with Crippen molar-refractivity contribution in [3.8, 4) is 11.6 Å². The Morgan fingerprint density at radius 3 is 2.44 bits per heavy atom. The van der Waals surface area contributed by atoms with E-state index in [0.29, 0.717) is 11.6 Å². The number of amides is 1. The van der Waals surface area contributed by atoms with Gasteiger partial charge in [0.25, 0.3) is 5.91 Å². The van der Waals surface area contributed by atoms with Crippen LogP contribution in [0.25, 0.3) is 0 Å². The number of benzene rings is 2. The molecule has 7 heteroatoms. The smallest absolute Gasteiger partial charge is 0.416 e. The molecule has 0 saturated heterocycles. The molecule has 138 valence electrons. The molecule has 0 aliphatic heterocycles. The van der Waals surface area contributed by atoms with Crippen LogP contribution in [0.1, 0.15) is 21.5 Å². The molecule has 3 rings (SSSR count). The first-order valence-corrected chi connectivity index (χ1v) is 8.05. The quantitative estimate of drug-likeness (QED) is 0.698. The second kappa shape index (κ2) is 7.90. The molecule has 0 atom stereocenters. The van der Waals surface area contributed by atoms with Crippen LogP contribution in [-0.4, -0.2) is 10.9 Å². The minimum Gasteiger partial charge on any atom is -0.439 e. The van der Waals surface area contributed by atoms with Crippen molar-refractivity contribution < 1.29 is 22.7 Å². The Balaban J connectivity index is 1.61. The Kier molecular flexibility index (Phi) is 5.40. The van der Waals surface area contributed by atoms with Crippen LogP contribution in [0.15, 0.2) is 72.9 Å². The topological polar surface area (TPSA) is 51.2 Å². The van der Waals surface area contributed by atoms with Gasteiger partial charge in [0.2, 0.25) is 5.88 Å². The third kappa shape index (κ3) is 5.07. The average Bonchev–Trinajstić information content (AvgIpc) is 2.67. The fourth-order valence-electron chi connectivity index (χ4n) is 2.34. The lowest BCUT2D eigenvalue weighted by Gasteiger charge is -2.09. The van der Waals surface area contributed by atoms with Gasteiger partial charge in [-0.15, -0.1) is 0 Å². The van der Waals surface area contributed by atoms with E-state index in [1.165, 1.54) is 0 Å². The minimum atomic E-state index is -4.43. The molecule has 0 saturated carbocycles. The van der Waals surface area contributed by atoms with Crippen molar-refractivity contribution >= 4 is 5.91 Å². The summed E-state index contributed by atoms with van der Waals surface area (Å²) >= 11 is 0. The lowest BCUT2D eigenvalue weighted by Crippen LogP contribution is -2.22. The second-order valence-corrected chi connectivity index (χ2v) is 5.68. The van der Waals surface area contributed by atoms with Gasteiger partial charge in [0.05, 0.1) is 5.56 Å². The third-order valence-corrected chi connectivity index (χ3v) is 3.69. The maximum absolute atomic E-state index is 12.6. The van der Waals surface area contributed by atoms with Crippen molar-refractivity contribution in [3.05, 3.63) is 89.6 Å². The zero-order valence-corrected chi connectivity index (χ0v) is 14.0. The van der Waals surface area contributed by atoms with E-state index in [9.17, 15) is 18.0 Å². The maximum atomic E-state index is 12.6. The summed E-state index contributed by atoms with van der Waals surface area (Å²) in [6.07, 6.45) is -2.81. The van der Waals surface area contributed by atoms with Crippen LogP contribution in [0.5, 0.6) is 11.6 Å². The van der Waals surface area contributed by atoms with Gasteiger partial charge >= 0.3 is 6.18 Å². The zero-order chi connectivity index (χ0) is 19.3. The molecule has 0 bridgehead atoms. The van der Waals surface area contributed by atoms with E-state index in [1.54, 1.807) is 48.7 Å². The molecular formula is C20H15F3N2O2. The van der Waals surface area contributed by atoms with Gasteiger partial charge in [0.15, 0.2) is 0 Å². The van der Waals surface area contributed by atoms with E-state index < -0.39 is 17.6 Å². The summed E-state index contributed by atoms with van der Waals surface area (Å²) in [5.41, 5.74) is 0.144. The Hall–Kier alpha value is -3.35. The first-order valence-electron chi connectivity index (χ1n) is 8.05. The molecule has 1 N–H and O–H groups in total. The lowest BCUT2D eigenvalue weighted by molar-refractivity contribution is -0.137. The van der Waals surface area contributed by atoms with Gasteiger partial charge < -0.3 is 10.1 Å². The first-order chi connectivity index (χ1) is 12.9. The summed E-state index contributed by atoms with van der Waals surface area (Å²) in [5, 5.41) is 2.67. The van der Waals surface area contributed by atoms with Gasteiger partial charge in [-0.2, -0.15) is 13.2 Å². The number of ether oxygens (including phenoxy) is 1. The number of nitrogens with zero attached hydrogens (tertiary/aromatic N) is 1. The molecule has 3 aromatic rings. The highest BCUT2D eigenvalue weighted by Crippen LogP contribution is 2.29. The van der Waals surface area contributed by atoms with Crippen LogP contribution >= 0.6 is 0 Å². The molecule has 0 spiro atoms. The van der Waals surface area contributed by atoms with Gasteiger partial charge in [0.1, 0.15) is 5.75 Å². The number of hydrogen-bond donors (Lipinski definition) is 1. The third-order valence-electron chi connectivity index (χ3n) is 3.69. The number of alkyl halides is 3. The van der Waals surface area contributed by atoms with E-state index in [4.69, 9.17) is 4.74 Å². The molecule has 2 aromatic carbocycles. The summed E-state index contributed by atoms with van der Waals surface area (Å²) < 4.78 is 43.3. The van der Waals surface area contributed by atoms with Crippen molar-refractivity contribution in [1.82, 2.24) is 10.3 Å². The Morgan fingerprint density at radius 2 is 1.78 bits per heavy atom. The Morgan fingerprint density at radius 1 is 1.00 bits per heavy atom. The van der Waals surface area contributed by atoms with E-state index in [1.807, 2.05) is 0 Å². The van der Waals surface area contributed by atoms with Crippen LogP contribution in [0, 0.1) is 0 Å². The summed E-state index contributed by atoms with van der Waals surface area (Å²) in [7, 11) is 0. The van der Waals surface area contributed by atoms with E-state index in [2.05, 4.69) is 10.3 Å². The summed E-state index contributed by atoms with van der Waals surface area (Å²) in [5.74, 6) is 0.554. The molecule has 0 unspecified atom stereocenters. The van der Waals surface area contributed by atoms with Crippen LogP contribution in [0.3, 0.4) is 0 Å². The Labute approximate surface area is 153 Å². The normalized spacial score (nSPS) is 11.1. The number of aromatic nitrogens is 1. The number of halogens is 3. The number of nitrogens with one attached hydrogen (secondary N) is 1. The first kappa shape index (κ1) is 18.4. The number of pyridine rings is 1. The standard InChI is InChI=1S/C20H15F3N2O2/c21-20(22,23)16-9-7-15(8-10-16)19(26)25-13-14-4-3-5-17(12-14)27-18-6-1-2-11-24-18/h1-12H,13H2,(H,25,26). The lowest BCUT2D eigenvalue weighted by atomic mass is 10.1. The fraction of sp³-hybridized carbons (Fsp3) is 0.100. The Bertz CT molecular complexity index is 911. The molecule has 1 amide bonds. The SMILES string of the molecule is O=C(NCc1cccc(Oc2ccccn2)c1)c1ccc(C(F)(F)F)cc1. The second-order valence-electron chi connectivity index (χ2n) is 5.68. The van der Waals surface area contributed by atoms with Crippen molar-refractivity contribution in [3.63, 3.8) is 0 Å². The number of hydrogen-bond acceptors (Lipinski definition) is 3. The molecular weight excluding hydrogens is 357 g/mol. The van der Waals surface area contributed by atoms with E-state index in [-0.39, 0.29) is 12.1 Å². The van der Waals surface area contributed by atoms with Gasteiger partial charge in [0, 0.05) is 24.4 Å². The van der Waals surface area contributed by atoms with Gasteiger partial charge in [-0.25, -0.2) is 4.98 Å². The molecule has 0 aliphatic rings. The number of carbonyl (C=O) groups excluding carboxylic acids is 1. The van der Waals surface area contributed by atoms with Crippen LogP contribution in [-0.2, 0) is 12.7 Å². The van der Waals surface area contributed by atoms with Crippen LogP contribution in [0.4, 0.5) is 13.2 Å². The van der Waals surface area contributed by atoms with Crippen molar-refractivity contribution in [2.45, 2.75) is 12.7 Å². The summed E-state index contributed by atoms with van der Waals surface area (Å²) in [6, 6.07) is 16.5. The van der Waals surface area contributed by atoms with Gasteiger partial charge in [-0.3, -0.25) is 4.79 Å². The average molecular weight is 372 g/mol. The molecule has 27 heavy (non-hydrogen) atoms. The van der Waals surface area contributed by atoms with Crippen molar-refractivity contribution in [2.24, 2.45) is 0 Å². The highest BCUT2D eigenvalue weighted by molar-refractivity contribution is 5.94. The number of rotatable bonds is 5. The van der Waals surface area contributed by atoms with Crippen LogP contribution in [0.2, 0.25) is 0 Å². The summed E-state index contributed by atoms with van der Waals surface area (Å²) in [6.45, 7) is 0.208. The molecule has 1 heterocycles. The minimum absolute atomic E-state index is 0.156. The molecule has 0 fully saturated rings.